The molecule has 4 heteroatoms. The van der Waals surface area contributed by atoms with Crippen LogP contribution in [0.1, 0.15) is 5.56 Å². The molecule has 17 heavy (non-hydrogen) atoms. The Morgan fingerprint density at radius 3 is 2.47 bits per heavy atom. The molecular weight excluding hydrogens is 398 g/mol. The lowest BCUT2D eigenvalue weighted by atomic mass is 10.2. The van der Waals surface area contributed by atoms with Gasteiger partial charge in [-0.2, -0.15) is 0 Å². The molecule has 2 rings (SSSR count). The lowest BCUT2D eigenvalue weighted by Crippen LogP contribution is -1.98. The van der Waals surface area contributed by atoms with Gasteiger partial charge < -0.3 is 4.74 Å². The van der Waals surface area contributed by atoms with E-state index in [1.165, 1.54) is 6.07 Å². The number of benzene rings is 2. The monoisotopic (exact) mass is 406 g/mol. The maximum atomic E-state index is 13.5. The Morgan fingerprint density at radius 2 is 1.82 bits per heavy atom. The maximum Gasteiger partial charge on any atom is 0.130 e. The molecule has 0 aliphatic rings. The highest BCUT2D eigenvalue weighted by atomic mass is 127. The van der Waals surface area contributed by atoms with Crippen molar-refractivity contribution in [2.45, 2.75) is 6.61 Å². The van der Waals surface area contributed by atoms with Crippen molar-refractivity contribution in [3.63, 3.8) is 0 Å². The molecule has 0 aliphatic carbocycles. The molecule has 0 radical (unpaired) electrons. The Kier molecular flexibility index (Phi) is 4.39. The lowest BCUT2D eigenvalue weighted by Gasteiger charge is -2.07. The summed E-state index contributed by atoms with van der Waals surface area (Å²) in [6, 6.07) is 12.6. The van der Waals surface area contributed by atoms with Crippen LogP contribution in [0.5, 0.6) is 5.75 Å². The average Bonchev–Trinajstić information content (AvgIpc) is 2.30. The smallest absolute Gasteiger partial charge is 0.130 e. The van der Waals surface area contributed by atoms with Gasteiger partial charge in [0.25, 0.3) is 0 Å². The molecule has 0 saturated heterocycles. The molecule has 0 bridgehead atoms. The summed E-state index contributed by atoms with van der Waals surface area (Å²) in [5.74, 6) is 0.484. The van der Waals surface area contributed by atoms with E-state index in [2.05, 4.69) is 38.5 Å². The molecule has 0 spiro atoms. The predicted molar refractivity (Wildman–Crippen MR) is 77.6 cm³/mol. The molecule has 0 aromatic heterocycles. The van der Waals surface area contributed by atoms with Crippen LogP contribution in [0.15, 0.2) is 46.9 Å². The highest BCUT2D eigenvalue weighted by molar-refractivity contribution is 14.1. The fourth-order valence-corrected chi connectivity index (χ4v) is 2.02. The van der Waals surface area contributed by atoms with Gasteiger partial charge in [-0.1, -0.05) is 22.0 Å². The molecule has 0 saturated carbocycles. The van der Waals surface area contributed by atoms with Gasteiger partial charge in [-0.25, -0.2) is 4.39 Å². The Hall–Kier alpha value is -0.620. The van der Waals surface area contributed by atoms with Crippen molar-refractivity contribution in [1.82, 2.24) is 0 Å². The minimum atomic E-state index is -0.259. The molecule has 0 atom stereocenters. The Labute approximate surface area is 121 Å². The van der Waals surface area contributed by atoms with E-state index in [1.54, 1.807) is 12.1 Å². The van der Waals surface area contributed by atoms with Crippen LogP contribution in [0.25, 0.3) is 0 Å². The molecule has 0 amide bonds. The maximum absolute atomic E-state index is 13.5. The van der Waals surface area contributed by atoms with Gasteiger partial charge in [0.2, 0.25) is 0 Å². The van der Waals surface area contributed by atoms with E-state index >= 15 is 0 Å². The number of ether oxygens (including phenoxy) is 1. The van der Waals surface area contributed by atoms with Crippen LogP contribution in [-0.4, -0.2) is 0 Å². The Balaban J connectivity index is 2.04. The third kappa shape index (κ3) is 3.67. The summed E-state index contributed by atoms with van der Waals surface area (Å²) in [6.45, 7) is 0.236. The molecule has 88 valence electrons. The Bertz CT molecular complexity index is 513. The zero-order chi connectivity index (χ0) is 12.3. The summed E-state index contributed by atoms with van der Waals surface area (Å²) in [5.41, 5.74) is 0.548. The van der Waals surface area contributed by atoms with Gasteiger partial charge in [0.1, 0.15) is 18.2 Å². The van der Waals surface area contributed by atoms with E-state index in [9.17, 15) is 4.39 Å². The summed E-state index contributed by atoms with van der Waals surface area (Å²) < 4.78 is 20.9. The first-order valence-electron chi connectivity index (χ1n) is 4.97. The van der Waals surface area contributed by atoms with Gasteiger partial charge >= 0.3 is 0 Å². The van der Waals surface area contributed by atoms with Crippen LogP contribution in [-0.2, 0) is 6.61 Å². The van der Waals surface area contributed by atoms with Gasteiger partial charge in [-0.3, -0.25) is 0 Å². The highest BCUT2D eigenvalue weighted by Gasteiger charge is 2.03. The molecule has 0 heterocycles. The van der Waals surface area contributed by atoms with Crippen LogP contribution >= 0.6 is 38.5 Å². The summed E-state index contributed by atoms with van der Waals surface area (Å²) in [7, 11) is 0. The molecule has 0 fully saturated rings. The summed E-state index contributed by atoms with van der Waals surface area (Å²) >= 11 is 5.44. The van der Waals surface area contributed by atoms with Gasteiger partial charge in [0.15, 0.2) is 0 Å². The van der Waals surface area contributed by atoms with Crippen LogP contribution in [0.3, 0.4) is 0 Å². The van der Waals surface area contributed by atoms with Crippen molar-refractivity contribution < 1.29 is 9.13 Å². The highest BCUT2D eigenvalue weighted by Crippen LogP contribution is 2.18. The van der Waals surface area contributed by atoms with Gasteiger partial charge in [0, 0.05) is 13.6 Å². The first-order valence-corrected chi connectivity index (χ1v) is 6.84. The summed E-state index contributed by atoms with van der Waals surface area (Å²) in [5, 5.41) is 0. The predicted octanol–water partition coefficient (Wildman–Crippen LogP) is 4.77. The quantitative estimate of drug-likeness (QED) is 0.667. The molecular formula is C13H9BrFIO. The summed E-state index contributed by atoms with van der Waals surface area (Å²) in [4.78, 5) is 0. The number of hydrogen-bond donors (Lipinski definition) is 0. The van der Waals surface area contributed by atoms with E-state index in [4.69, 9.17) is 4.74 Å². The van der Waals surface area contributed by atoms with E-state index in [0.717, 1.165) is 13.8 Å². The summed E-state index contributed by atoms with van der Waals surface area (Å²) in [6.07, 6.45) is 0. The van der Waals surface area contributed by atoms with Crippen molar-refractivity contribution in [2.75, 3.05) is 0 Å². The van der Waals surface area contributed by atoms with Crippen LogP contribution in [0.4, 0.5) is 4.39 Å². The largest absolute Gasteiger partial charge is 0.489 e. The molecule has 1 nitrogen and oxygen atoms in total. The number of hydrogen-bond acceptors (Lipinski definition) is 1. The van der Waals surface area contributed by atoms with Crippen molar-refractivity contribution in [3.8, 4) is 5.75 Å². The zero-order valence-electron chi connectivity index (χ0n) is 8.79. The van der Waals surface area contributed by atoms with Crippen molar-refractivity contribution in [3.05, 3.63) is 61.9 Å². The Morgan fingerprint density at radius 1 is 1.12 bits per heavy atom. The number of rotatable bonds is 3. The van der Waals surface area contributed by atoms with Crippen LogP contribution in [0, 0.1) is 9.39 Å². The lowest BCUT2D eigenvalue weighted by molar-refractivity contribution is 0.300. The van der Waals surface area contributed by atoms with Crippen LogP contribution < -0.4 is 4.74 Å². The number of halogens is 3. The fraction of sp³-hybridized carbons (Fsp3) is 0.0769. The molecule has 0 N–H and O–H groups in total. The standard InChI is InChI=1S/C13H9BrFIO/c14-10-2-1-9(13(15)7-10)8-17-12-5-3-11(16)4-6-12/h1-7H,8H2. The van der Waals surface area contributed by atoms with Crippen LogP contribution in [0.2, 0.25) is 0 Å². The average molecular weight is 407 g/mol. The fourth-order valence-electron chi connectivity index (χ4n) is 1.33. The molecule has 0 aliphatic heterocycles. The second kappa shape index (κ2) is 5.82. The van der Waals surface area contributed by atoms with E-state index < -0.39 is 0 Å². The zero-order valence-corrected chi connectivity index (χ0v) is 12.5. The minimum Gasteiger partial charge on any atom is -0.489 e. The minimum absolute atomic E-state index is 0.236. The molecule has 2 aromatic carbocycles. The third-order valence-corrected chi connectivity index (χ3v) is 3.44. The van der Waals surface area contributed by atoms with Gasteiger partial charge in [-0.15, -0.1) is 0 Å². The SMILES string of the molecule is Fc1cc(Br)ccc1COc1ccc(I)cc1. The topological polar surface area (TPSA) is 9.23 Å². The van der Waals surface area contributed by atoms with E-state index in [1.807, 2.05) is 24.3 Å². The van der Waals surface area contributed by atoms with E-state index in [-0.39, 0.29) is 12.4 Å². The second-order valence-corrected chi connectivity index (χ2v) is 5.64. The first-order chi connectivity index (χ1) is 8.15. The first kappa shape index (κ1) is 12.8. The third-order valence-electron chi connectivity index (χ3n) is 2.22. The van der Waals surface area contributed by atoms with Crippen molar-refractivity contribution >= 4 is 38.5 Å². The molecule has 2 aromatic rings. The van der Waals surface area contributed by atoms with E-state index in [0.29, 0.717) is 5.56 Å². The van der Waals surface area contributed by atoms with Gasteiger partial charge in [0.05, 0.1) is 0 Å². The van der Waals surface area contributed by atoms with Gasteiger partial charge in [-0.05, 0) is 59.0 Å². The second-order valence-electron chi connectivity index (χ2n) is 3.48. The molecule has 0 unspecified atom stereocenters. The van der Waals surface area contributed by atoms with Crippen molar-refractivity contribution in [1.29, 1.82) is 0 Å². The van der Waals surface area contributed by atoms with Crippen molar-refractivity contribution in [2.24, 2.45) is 0 Å². The normalized spacial score (nSPS) is 10.3.